The highest BCUT2D eigenvalue weighted by Gasteiger charge is 2.61. The topological polar surface area (TPSA) is 199 Å². The summed E-state index contributed by atoms with van der Waals surface area (Å²) in [5.41, 5.74) is -2.22. The molecule has 300 valence electrons. The predicted molar refractivity (Wildman–Crippen MR) is 203 cm³/mol. The smallest absolute Gasteiger partial charge is 0.328 e. The molecule has 6 atom stereocenters. The van der Waals surface area contributed by atoms with Crippen LogP contribution in [0.2, 0.25) is 0 Å². The van der Waals surface area contributed by atoms with Crippen molar-refractivity contribution in [1.29, 1.82) is 0 Å². The number of ketones is 1. The Morgan fingerprint density at radius 2 is 1.82 bits per heavy atom. The molecule has 1 aromatic heterocycles. The molecule has 3 N–H and O–H groups in total. The molecule has 1 aliphatic heterocycles. The molecule has 0 bridgehead atoms. The number of sulfonamides is 1. The fourth-order valence-corrected chi connectivity index (χ4v) is 8.49. The van der Waals surface area contributed by atoms with Crippen LogP contribution in [0.25, 0.3) is 10.8 Å². The number of likely N-dealkylation sites (tertiary alicyclic amines) is 1. The lowest BCUT2D eigenvalue weighted by Crippen LogP contribution is -2.60. The Labute approximate surface area is 322 Å². The standard InChI is InChI=1S/C39H53N5O10S/c1-9-24-19-39(24,36(48)43-55(50,51)27-12-13-27)20-30(45)29-18-26(54-33-28-14-11-25(52-8)17-23(28)15-16-40-33)21-44(29)34(46)32(38(5,6)7)42-37(49)41-31(22(3)4)35(47)53-10-2/h9,11,14-17,22,24,26-27,29,31-32H,1,10,12-13,18-21H2,2-8H3,(H,43,48)(H2,41,42,49)/t24-,26-,29+,31+,32-,39-/m1/s1. The van der Waals surface area contributed by atoms with Crippen molar-refractivity contribution in [2.75, 3.05) is 20.3 Å². The molecule has 1 aromatic carbocycles. The Bertz CT molecular complexity index is 1940. The average Bonchev–Trinajstić information content (AvgIpc) is 4.05. The van der Waals surface area contributed by atoms with E-state index >= 15 is 0 Å². The van der Waals surface area contributed by atoms with Crippen LogP contribution in [0.4, 0.5) is 4.79 Å². The van der Waals surface area contributed by atoms with Crippen LogP contribution in [0.5, 0.6) is 11.6 Å². The van der Waals surface area contributed by atoms with Crippen molar-refractivity contribution in [3.05, 3.63) is 43.1 Å². The van der Waals surface area contributed by atoms with Crippen molar-refractivity contribution in [3.63, 3.8) is 0 Å². The third kappa shape index (κ3) is 9.22. The molecule has 3 fully saturated rings. The number of esters is 1. The fourth-order valence-electron chi connectivity index (χ4n) is 7.11. The number of Topliss-reactive ketones (excluding diaryl/α,β-unsaturated/α-hetero) is 1. The summed E-state index contributed by atoms with van der Waals surface area (Å²) in [5, 5.41) is 6.22. The maximum absolute atomic E-state index is 14.7. The van der Waals surface area contributed by atoms with Crippen LogP contribution in [-0.4, -0.2) is 97.6 Å². The second kappa shape index (κ2) is 16.2. The largest absolute Gasteiger partial charge is 0.497 e. The van der Waals surface area contributed by atoms with Crippen molar-refractivity contribution in [3.8, 4) is 11.6 Å². The molecule has 5 rings (SSSR count). The number of nitrogens with one attached hydrogen (secondary N) is 3. The molecule has 3 aliphatic rings. The van der Waals surface area contributed by atoms with Gasteiger partial charge in [0, 0.05) is 24.4 Å². The summed E-state index contributed by atoms with van der Waals surface area (Å²) in [5.74, 6) is -2.25. The molecule has 0 spiro atoms. The van der Waals surface area contributed by atoms with E-state index in [2.05, 4.69) is 26.9 Å². The first kappa shape index (κ1) is 41.4. The van der Waals surface area contributed by atoms with E-state index in [0.717, 1.165) is 5.39 Å². The Balaban J connectivity index is 1.44. The number of urea groups is 1. The first-order valence-corrected chi connectivity index (χ1v) is 20.2. The highest BCUT2D eigenvalue weighted by molar-refractivity contribution is 7.90. The molecule has 0 unspecified atom stereocenters. The van der Waals surface area contributed by atoms with Crippen LogP contribution >= 0.6 is 0 Å². The van der Waals surface area contributed by atoms with E-state index in [1.807, 2.05) is 6.07 Å². The lowest BCUT2D eigenvalue weighted by Gasteiger charge is -2.36. The summed E-state index contributed by atoms with van der Waals surface area (Å²) < 4.78 is 44.6. The van der Waals surface area contributed by atoms with E-state index in [1.54, 1.807) is 79.1 Å². The highest BCUT2D eigenvalue weighted by Crippen LogP contribution is 2.57. The minimum Gasteiger partial charge on any atom is -0.497 e. The first-order chi connectivity index (χ1) is 25.8. The molecule has 0 radical (unpaired) electrons. The zero-order chi connectivity index (χ0) is 40.5. The zero-order valence-corrected chi connectivity index (χ0v) is 33.4. The lowest BCUT2D eigenvalue weighted by atomic mass is 9.85. The summed E-state index contributed by atoms with van der Waals surface area (Å²) >= 11 is 0. The van der Waals surface area contributed by atoms with Gasteiger partial charge in [0.15, 0.2) is 5.78 Å². The van der Waals surface area contributed by atoms with Crippen molar-refractivity contribution in [2.24, 2.45) is 22.7 Å². The van der Waals surface area contributed by atoms with Crippen molar-refractivity contribution in [1.82, 2.24) is 25.2 Å². The van der Waals surface area contributed by atoms with E-state index in [4.69, 9.17) is 14.2 Å². The average molecular weight is 784 g/mol. The van der Waals surface area contributed by atoms with Gasteiger partial charge >= 0.3 is 12.0 Å². The molecule has 16 heteroatoms. The number of rotatable bonds is 16. The minimum atomic E-state index is -3.89. The van der Waals surface area contributed by atoms with Gasteiger partial charge in [-0.1, -0.05) is 40.7 Å². The summed E-state index contributed by atoms with van der Waals surface area (Å²) in [6.07, 6.45) is 3.24. The van der Waals surface area contributed by atoms with Gasteiger partial charge in [0.05, 0.1) is 37.0 Å². The number of allylic oxidation sites excluding steroid dienone is 1. The number of hydrogen-bond donors (Lipinski definition) is 3. The maximum atomic E-state index is 14.7. The third-order valence-corrected chi connectivity index (χ3v) is 12.4. The Morgan fingerprint density at radius 3 is 2.40 bits per heavy atom. The zero-order valence-electron chi connectivity index (χ0n) is 32.5. The molecule has 4 amide bonds. The maximum Gasteiger partial charge on any atom is 0.328 e. The molecular weight excluding hydrogens is 731 g/mol. The number of pyridine rings is 1. The number of amides is 4. The SMILES string of the molecule is C=C[C@@H]1C[C@]1(CC(=O)[C@@H]1C[C@@H](Oc2nccc3cc(OC)ccc23)CN1C(=O)[C@@H](NC(=O)N[C@H](C(=O)OCC)C(C)C)C(C)(C)C)C(=O)NS(=O)(=O)C1CC1. The van der Waals surface area contributed by atoms with Gasteiger partial charge in [-0.25, -0.2) is 23.0 Å². The Kier molecular flexibility index (Phi) is 12.2. The Hall–Kier alpha value is -4.73. The first-order valence-electron chi connectivity index (χ1n) is 18.7. The van der Waals surface area contributed by atoms with Crippen LogP contribution in [0.3, 0.4) is 0 Å². The monoisotopic (exact) mass is 783 g/mol. The normalized spacial score (nSPS) is 23.3. The molecular formula is C39H53N5O10S. The number of nitrogens with zero attached hydrogens (tertiary/aromatic N) is 2. The van der Waals surface area contributed by atoms with Crippen LogP contribution in [-0.2, 0) is 33.9 Å². The van der Waals surface area contributed by atoms with E-state index in [1.165, 1.54) is 4.90 Å². The molecule has 2 heterocycles. The Morgan fingerprint density at radius 1 is 1.11 bits per heavy atom. The number of hydrogen-bond acceptors (Lipinski definition) is 11. The van der Waals surface area contributed by atoms with Gasteiger partial charge < -0.3 is 29.7 Å². The van der Waals surface area contributed by atoms with Gasteiger partial charge in [0.2, 0.25) is 27.7 Å². The van der Waals surface area contributed by atoms with E-state index in [0.29, 0.717) is 24.0 Å². The van der Waals surface area contributed by atoms with Gasteiger partial charge in [0.1, 0.15) is 23.9 Å². The van der Waals surface area contributed by atoms with Gasteiger partial charge in [0.25, 0.3) is 0 Å². The predicted octanol–water partition coefficient (Wildman–Crippen LogP) is 3.65. The molecule has 2 saturated carbocycles. The van der Waals surface area contributed by atoms with Gasteiger partial charge in [-0.2, -0.15) is 0 Å². The molecule has 1 saturated heterocycles. The second-order valence-electron chi connectivity index (χ2n) is 16.1. The van der Waals surface area contributed by atoms with Crippen LogP contribution in [0, 0.1) is 22.7 Å². The summed E-state index contributed by atoms with van der Waals surface area (Å²) in [6, 6.07) is 3.17. The number of benzene rings is 1. The summed E-state index contributed by atoms with van der Waals surface area (Å²) in [7, 11) is -2.33. The third-order valence-electron chi connectivity index (χ3n) is 10.6. The van der Waals surface area contributed by atoms with E-state index in [-0.39, 0.29) is 44.2 Å². The van der Waals surface area contributed by atoms with Crippen LogP contribution in [0.1, 0.15) is 73.6 Å². The number of carbonyl (C=O) groups is 5. The highest BCUT2D eigenvalue weighted by atomic mass is 32.2. The number of fused-ring (bicyclic) bond motifs is 1. The van der Waals surface area contributed by atoms with E-state index in [9.17, 15) is 32.4 Å². The summed E-state index contributed by atoms with van der Waals surface area (Å²) in [6.45, 7) is 14.3. The molecule has 2 aromatic rings. The van der Waals surface area contributed by atoms with E-state index < -0.39 is 85.8 Å². The van der Waals surface area contributed by atoms with Crippen molar-refractivity contribution >= 4 is 50.4 Å². The van der Waals surface area contributed by atoms with Gasteiger partial charge in [-0.15, -0.1) is 6.58 Å². The molecule has 2 aliphatic carbocycles. The fraction of sp³-hybridized carbons (Fsp3) is 0.590. The van der Waals surface area contributed by atoms with Crippen LogP contribution in [0.15, 0.2) is 43.1 Å². The van der Waals surface area contributed by atoms with Crippen molar-refractivity contribution < 1.29 is 46.6 Å². The molecule has 15 nitrogen and oxygen atoms in total. The second-order valence-corrected chi connectivity index (χ2v) is 18.1. The number of carbonyl (C=O) groups excluding carboxylic acids is 5. The van der Waals surface area contributed by atoms with Crippen LogP contribution < -0.4 is 24.8 Å². The number of ether oxygens (including phenoxy) is 3. The molecule has 55 heavy (non-hydrogen) atoms. The summed E-state index contributed by atoms with van der Waals surface area (Å²) in [4.78, 5) is 74.5. The lowest BCUT2D eigenvalue weighted by molar-refractivity contribution is -0.146. The number of aromatic nitrogens is 1. The number of methoxy groups -OCH3 is 1. The van der Waals surface area contributed by atoms with Gasteiger partial charge in [-0.3, -0.25) is 19.1 Å². The quantitative estimate of drug-likeness (QED) is 0.166. The van der Waals surface area contributed by atoms with Crippen molar-refractivity contribution in [2.45, 2.75) is 103 Å². The minimum absolute atomic E-state index is 0.0387. The van der Waals surface area contributed by atoms with Gasteiger partial charge in [-0.05, 0) is 73.1 Å².